The van der Waals surface area contributed by atoms with E-state index < -0.39 is 18.0 Å². The number of hydrogen-bond acceptors (Lipinski definition) is 5. The smallest absolute Gasteiger partial charge is 0.338 e. The van der Waals surface area contributed by atoms with Gasteiger partial charge in [-0.2, -0.15) is 0 Å². The minimum Gasteiger partial charge on any atom is -0.496 e. The number of amides is 1. The van der Waals surface area contributed by atoms with Crippen molar-refractivity contribution in [3.05, 3.63) is 59.7 Å². The van der Waals surface area contributed by atoms with Crippen LogP contribution in [0.4, 0.5) is 5.69 Å². The molecular formula is C20H23NO5. The molecule has 0 bridgehead atoms. The Labute approximate surface area is 153 Å². The second kappa shape index (κ2) is 9.58. The zero-order valence-corrected chi connectivity index (χ0v) is 15.2. The van der Waals surface area contributed by atoms with Crippen LogP contribution in [0.3, 0.4) is 0 Å². The summed E-state index contributed by atoms with van der Waals surface area (Å²) in [6, 6.07) is 13.9. The van der Waals surface area contributed by atoms with Crippen LogP contribution in [0.2, 0.25) is 0 Å². The molecule has 0 heterocycles. The zero-order valence-electron chi connectivity index (χ0n) is 15.2. The monoisotopic (exact) mass is 357 g/mol. The average Bonchev–Trinajstić information content (AvgIpc) is 2.66. The van der Waals surface area contributed by atoms with Gasteiger partial charge in [-0.25, -0.2) is 4.79 Å². The van der Waals surface area contributed by atoms with Gasteiger partial charge in [0.2, 0.25) is 0 Å². The van der Waals surface area contributed by atoms with Crippen molar-refractivity contribution in [3.63, 3.8) is 0 Å². The molecule has 26 heavy (non-hydrogen) atoms. The fraction of sp³-hybridized carbons (Fsp3) is 0.300. The van der Waals surface area contributed by atoms with Crippen LogP contribution < -0.4 is 10.1 Å². The van der Waals surface area contributed by atoms with Crippen LogP contribution in [0.25, 0.3) is 0 Å². The van der Waals surface area contributed by atoms with Crippen LogP contribution >= 0.6 is 0 Å². The lowest BCUT2D eigenvalue weighted by molar-refractivity contribution is -0.123. The number of rotatable bonds is 8. The first kappa shape index (κ1) is 19.5. The first-order valence-electron chi connectivity index (χ1n) is 8.36. The Kier molecular flexibility index (Phi) is 7.17. The van der Waals surface area contributed by atoms with Crippen molar-refractivity contribution in [2.45, 2.75) is 26.6 Å². The maximum atomic E-state index is 12.4. The van der Waals surface area contributed by atoms with Gasteiger partial charge in [0.25, 0.3) is 5.91 Å². The molecule has 0 aliphatic carbocycles. The van der Waals surface area contributed by atoms with Gasteiger partial charge in [-0.3, -0.25) is 4.79 Å². The summed E-state index contributed by atoms with van der Waals surface area (Å²) in [5, 5.41) is 2.70. The minimum absolute atomic E-state index is 0.324. The number of para-hydroxylation sites is 1. The van der Waals surface area contributed by atoms with E-state index in [9.17, 15) is 9.59 Å². The van der Waals surface area contributed by atoms with Gasteiger partial charge in [0, 0.05) is 17.9 Å². The van der Waals surface area contributed by atoms with E-state index in [1.54, 1.807) is 37.4 Å². The van der Waals surface area contributed by atoms with Gasteiger partial charge < -0.3 is 19.5 Å². The lowest BCUT2D eigenvalue weighted by atomic mass is 10.1. The summed E-state index contributed by atoms with van der Waals surface area (Å²) in [5.74, 6) is -0.349. The van der Waals surface area contributed by atoms with E-state index in [1.165, 1.54) is 6.92 Å². The van der Waals surface area contributed by atoms with E-state index in [-0.39, 0.29) is 0 Å². The third kappa shape index (κ3) is 5.32. The third-order valence-corrected chi connectivity index (χ3v) is 3.67. The Bertz CT molecular complexity index is 745. The number of esters is 1. The van der Waals surface area contributed by atoms with E-state index in [2.05, 4.69) is 5.32 Å². The van der Waals surface area contributed by atoms with E-state index in [4.69, 9.17) is 14.2 Å². The molecule has 0 saturated heterocycles. The molecule has 0 fully saturated rings. The second-order valence-corrected chi connectivity index (χ2v) is 5.57. The van der Waals surface area contributed by atoms with Crippen molar-refractivity contribution in [1.29, 1.82) is 0 Å². The number of hydrogen-bond donors (Lipinski definition) is 1. The summed E-state index contributed by atoms with van der Waals surface area (Å²) in [6.07, 6.45) is -0.930. The highest BCUT2D eigenvalue weighted by Crippen LogP contribution is 2.21. The van der Waals surface area contributed by atoms with E-state index in [1.807, 2.05) is 25.1 Å². The van der Waals surface area contributed by atoms with Crippen LogP contribution in [0.5, 0.6) is 5.75 Å². The fourth-order valence-corrected chi connectivity index (χ4v) is 2.28. The summed E-state index contributed by atoms with van der Waals surface area (Å²) in [7, 11) is 1.55. The number of methoxy groups -OCH3 is 1. The molecule has 0 spiro atoms. The number of carbonyl (C=O) groups is 2. The number of carbonyl (C=O) groups excluding carboxylic acids is 2. The molecule has 6 nitrogen and oxygen atoms in total. The van der Waals surface area contributed by atoms with Crippen molar-refractivity contribution in [2.24, 2.45) is 0 Å². The maximum Gasteiger partial charge on any atom is 0.338 e. The second-order valence-electron chi connectivity index (χ2n) is 5.57. The molecule has 0 aliphatic heterocycles. The van der Waals surface area contributed by atoms with E-state index >= 15 is 0 Å². The Balaban J connectivity index is 2.02. The van der Waals surface area contributed by atoms with Gasteiger partial charge in [0.1, 0.15) is 5.75 Å². The zero-order chi connectivity index (χ0) is 18.9. The molecule has 1 atom stereocenters. The number of ether oxygens (including phenoxy) is 3. The summed E-state index contributed by atoms with van der Waals surface area (Å²) >= 11 is 0. The van der Waals surface area contributed by atoms with Crippen molar-refractivity contribution < 1.29 is 23.8 Å². The number of nitrogens with one attached hydrogen (secondary N) is 1. The maximum absolute atomic E-state index is 12.4. The van der Waals surface area contributed by atoms with Crippen molar-refractivity contribution >= 4 is 17.6 Å². The highest BCUT2D eigenvalue weighted by Gasteiger charge is 2.20. The molecule has 2 aromatic carbocycles. The first-order chi connectivity index (χ1) is 12.5. The largest absolute Gasteiger partial charge is 0.496 e. The van der Waals surface area contributed by atoms with Gasteiger partial charge in [-0.05, 0) is 44.2 Å². The topological polar surface area (TPSA) is 73.9 Å². The summed E-state index contributed by atoms with van der Waals surface area (Å²) < 4.78 is 15.9. The van der Waals surface area contributed by atoms with Crippen LogP contribution in [0.15, 0.2) is 48.5 Å². The number of anilines is 1. The summed E-state index contributed by atoms with van der Waals surface area (Å²) in [6.45, 7) is 4.29. The van der Waals surface area contributed by atoms with Crippen LogP contribution in [-0.2, 0) is 20.9 Å². The lowest BCUT2D eigenvalue weighted by Crippen LogP contribution is -2.30. The van der Waals surface area contributed by atoms with Gasteiger partial charge >= 0.3 is 5.97 Å². The van der Waals surface area contributed by atoms with Crippen molar-refractivity contribution in [1.82, 2.24) is 0 Å². The highest BCUT2D eigenvalue weighted by molar-refractivity contribution is 5.97. The molecule has 138 valence electrons. The highest BCUT2D eigenvalue weighted by atomic mass is 16.5. The standard InChI is InChI=1S/C20H23NO5/c1-4-25-13-16-12-15(10-11-18(16)24-3)20(23)26-14(2)19(22)21-17-8-6-5-7-9-17/h5-12,14H,4,13H2,1-3H3,(H,21,22)/t14-/m1/s1. The van der Waals surface area contributed by atoms with Crippen LogP contribution in [-0.4, -0.2) is 31.7 Å². The summed E-state index contributed by atoms with van der Waals surface area (Å²) in [5.41, 5.74) is 1.72. The van der Waals surface area contributed by atoms with Gasteiger partial charge in [0.05, 0.1) is 19.3 Å². The van der Waals surface area contributed by atoms with Crippen molar-refractivity contribution in [3.8, 4) is 5.75 Å². The van der Waals surface area contributed by atoms with E-state index in [0.717, 1.165) is 5.56 Å². The van der Waals surface area contributed by atoms with Gasteiger partial charge in [0.15, 0.2) is 6.10 Å². The van der Waals surface area contributed by atoms with Crippen LogP contribution in [0.1, 0.15) is 29.8 Å². The quantitative estimate of drug-likeness (QED) is 0.733. The average molecular weight is 357 g/mol. The Morgan fingerprint density at radius 2 is 1.85 bits per heavy atom. The molecule has 0 radical (unpaired) electrons. The molecule has 1 amide bonds. The number of benzene rings is 2. The molecule has 2 rings (SSSR count). The SMILES string of the molecule is CCOCc1cc(C(=O)O[C@H](C)C(=O)Nc2ccccc2)ccc1OC. The van der Waals surface area contributed by atoms with Gasteiger partial charge in [-0.1, -0.05) is 18.2 Å². The molecule has 0 saturated carbocycles. The molecule has 0 unspecified atom stereocenters. The van der Waals surface area contributed by atoms with Crippen molar-refractivity contribution in [2.75, 3.05) is 19.0 Å². The minimum atomic E-state index is -0.930. The predicted molar refractivity (Wildman–Crippen MR) is 98.3 cm³/mol. The first-order valence-corrected chi connectivity index (χ1v) is 8.36. The van der Waals surface area contributed by atoms with Gasteiger partial charge in [-0.15, -0.1) is 0 Å². The Hall–Kier alpha value is -2.86. The lowest BCUT2D eigenvalue weighted by Gasteiger charge is -2.15. The molecular weight excluding hydrogens is 334 g/mol. The third-order valence-electron chi connectivity index (χ3n) is 3.67. The molecule has 1 N–H and O–H groups in total. The normalized spacial score (nSPS) is 11.5. The Morgan fingerprint density at radius 1 is 1.12 bits per heavy atom. The van der Waals surface area contributed by atoms with Crippen LogP contribution in [0, 0.1) is 0 Å². The summed E-state index contributed by atoms with van der Waals surface area (Å²) in [4.78, 5) is 24.5. The molecule has 0 aromatic heterocycles. The molecule has 6 heteroatoms. The predicted octanol–water partition coefficient (Wildman–Crippen LogP) is 3.42. The molecule has 0 aliphatic rings. The van der Waals surface area contributed by atoms with E-state index in [0.29, 0.717) is 30.2 Å². The Morgan fingerprint density at radius 3 is 2.50 bits per heavy atom. The fourth-order valence-electron chi connectivity index (χ4n) is 2.28. The molecule has 2 aromatic rings.